The number of benzene rings is 4. The van der Waals surface area contributed by atoms with E-state index in [-0.39, 0.29) is 60.2 Å². The van der Waals surface area contributed by atoms with Crippen molar-refractivity contribution in [1.82, 2.24) is 25.1 Å². The highest BCUT2D eigenvalue weighted by atomic mass is 16.5. The number of nitrogens with zero attached hydrogens (tertiary/aromatic N) is 4. The van der Waals surface area contributed by atoms with Crippen molar-refractivity contribution in [2.24, 2.45) is 34.6 Å². The van der Waals surface area contributed by atoms with Gasteiger partial charge >= 0.3 is 12.1 Å². The quantitative estimate of drug-likeness (QED) is 0.114. The molecule has 1 aromatic heterocycles. The van der Waals surface area contributed by atoms with Gasteiger partial charge in [0.15, 0.2) is 0 Å². The number of hydrogen-bond acceptors (Lipinski definition) is 8. The Morgan fingerprint density at radius 1 is 0.766 bits per heavy atom. The molecule has 4 fully saturated rings. The number of esters is 1. The predicted molar refractivity (Wildman–Crippen MR) is 244 cm³/mol. The van der Waals surface area contributed by atoms with Gasteiger partial charge in [-0.05, 0) is 119 Å². The zero-order valence-corrected chi connectivity index (χ0v) is 37.0. The summed E-state index contributed by atoms with van der Waals surface area (Å²) >= 11 is 0. The van der Waals surface area contributed by atoms with Crippen LogP contribution in [-0.4, -0.2) is 87.7 Å². The van der Waals surface area contributed by atoms with Gasteiger partial charge < -0.3 is 29.6 Å². The molecule has 326 valence electrons. The van der Waals surface area contributed by atoms with E-state index in [1.165, 1.54) is 14.2 Å². The van der Waals surface area contributed by atoms with Crippen LogP contribution < -0.4 is 5.32 Å². The second-order valence-electron chi connectivity index (χ2n) is 18.9. The Bertz CT molecular complexity index is 2950. The number of carbonyl (C=O) groups is 4. The third-order valence-corrected chi connectivity index (χ3v) is 14.2. The lowest BCUT2D eigenvalue weighted by Gasteiger charge is -2.33. The molecular formula is C52H52N6O6. The molecule has 12 nitrogen and oxygen atoms in total. The number of alkyl carbamates (subject to hydrolysis) is 1. The molecule has 5 aliphatic rings. The van der Waals surface area contributed by atoms with Crippen molar-refractivity contribution in [1.29, 1.82) is 0 Å². The number of hydrogen-bond donors (Lipinski definition) is 2. The lowest BCUT2D eigenvalue weighted by atomic mass is 9.90. The number of amides is 3. The molecule has 5 aromatic rings. The number of likely N-dealkylation sites (tertiary alicyclic amines) is 2. The topological polar surface area (TPSA) is 146 Å². The van der Waals surface area contributed by atoms with Crippen LogP contribution in [-0.2, 0) is 30.3 Å². The van der Waals surface area contributed by atoms with Gasteiger partial charge in [0.25, 0.3) is 0 Å². The van der Waals surface area contributed by atoms with Gasteiger partial charge in [0.1, 0.15) is 11.9 Å². The van der Waals surface area contributed by atoms with Crippen molar-refractivity contribution >= 4 is 67.9 Å². The number of aromatic nitrogens is 2. The molecule has 2 aliphatic carbocycles. The van der Waals surface area contributed by atoms with Gasteiger partial charge in [-0.15, -0.1) is 0 Å². The summed E-state index contributed by atoms with van der Waals surface area (Å²) in [5.41, 5.74) is 6.59. The van der Waals surface area contributed by atoms with Crippen LogP contribution in [0.15, 0.2) is 65.7 Å². The summed E-state index contributed by atoms with van der Waals surface area (Å²) in [7, 11) is 2.68. The van der Waals surface area contributed by atoms with Gasteiger partial charge in [0.2, 0.25) is 11.8 Å². The molecule has 0 bridgehead atoms. The van der Waals surface area contributed by atoms with Gasteiger partial charge in [0, 0.05) is 40.7 Å². The summed E-state index contributed by atoms with van der Waals surface area (Å²) in [6.45, 7) is 7.84. The van der Waals surface area contributed by atoms with Gasteiger partial charge in [-0.2, -0.15) is 0 Å². The molecular weight excluding hydrogens is 805 g/mol. The smallest absolute Gasteiger partial charge is 0.407 e. The Kier molecular flexibility index (Phi) is 10.4. The normalized spacial score (nSPS) is 23.4. The van der Waals surface area contributed by atoms with Crippen molar-refractivity contribution in [2.45, 2.75) is 96.4 Å². The SMILES string of the molecule is COC(=O)C[C@H](C(=O)N1[C@@H]2C[C@@H]2C[C@H]1c1nc2c(ccc3cc(C#CC#Cc4ccc5c6c(ccc5c4)N=C([C@@H]4C[C@H]5C[C@H]5N4C(=O)[C@@H](NC(=O)OC)C(C)C)C6)ccc32)[nH]1)C(C)C. The maximum atomic E-state index is 14.0. The first kappa shape index (κ1) is 41.4. The van der Waals surface area contributed by atoms with Crippen molar-refractivity contribution in [2.75, 3.05) is 14.2 Å². The van der Waals surface area contributed by atoms with Gasteiger partial charge in [-0.25, -0.2) is 9.78 Å². The zero-order chi connectivity index (χ0) is 44.6. The number of aromatic amines is 1. The summed E-state index contributed by atoms with van der Waals surface area (Å²) in [6.07, 6.45) is 3.89. The van der Waals surface area contributed by atoms with E-state index < -0.39 is 18.1 Å². The molecule has 8 atom stereocenters. The van der Waals surface area contributed by atoms with E-state index in [2.05, 4.69) is 70.4 Å². The number of fused-ring (bicyclic) bond motifs is 8. The first-order chi connectivity index (χ1) is 30.9. The minimum atomic E-state index is -0.661. The van der Waals surface area contributed by atoms with Gasteiger partial charge in [-0.1, -0.05) is 63.8 Å². The molecule has 12 heteroatoms. The molecule has 2 saturated carbocycles. The zero-order valence-electron chi connectivity index (χ0n) is 37.0. The minimum Gasteiger partial charge on any atom is -0.469 e. The van der Waals surface area contributed by atoms with Crippen LogP contribution in [0, 0.1) is 53.3 Å². The van der Waals surface area contributed by atoms with E-state index in [4.69, 9.17) is 19.5 Å². The van der Waals surface area contributed by atoms with E-state index >= 15 is 0 Å². The average Bonchev–Trinajstić information content (AvgIpc) is 3.94. The monoisotopic (exact) mass is 856 g/mol. The lowest BCUT2D eigenvalue weighted by molar-refractivity contribution is -0.149. The number of ether oxygens (including phenoxy) is 2. The van der Waals surface area contributed by atoms with Gasteiger partial charge in [0.05, 0.1) is 55.4 Å². The number of nitrogens with one attached hydrogen (secondary N) is 2. The predicted octanol–water partition coefficient (Wildman–Crippen LogP) is 7.77. The number of methoxy groups -OCH3 is 2. The summed E-state index contributed by atoms with van der Waals surface area (Å²) in [6, 6.07) is 20.0. The van der Waals surface area contributed by atoms with Crippen molar-refractivity contribution < 1.29 is 28.7 Å². The number of carbonyl (C=O) groups excluding carboxylic acids is 4. The van der Waals surface area contributed by atoms with Crippen LogP contribution in [0.3, 0.4) is 0 Å². The minimum absolute atomic E-state index is 0.00391. The summed E-state index contributed by atoms with van der Waals surface area (Å²) in [5, 5.41) is 6.98. The Balaban J connectivity index is 0.826. The highest BCUT2D eigenvalue weighted by Crippen LogP contribution is 2.54. The number of aliphatic imine (C=N–C) groups is 1. The molecule has 0 radical (unpaired) electrons. The third kappa shape index (κ3) is 7.43. The van der Waals surface area contributed by atoms with E-state index in [0.717, 1.165) is 92.2 Å². The Labute approximate surface area is 372 Å². The number of imidazole rings is 1. The summed E-state index contributed by atoms with van der Waals surface area (Å²) < 4.78 is 9.76. The van der Waals surface area contributed by atoms with Crippen LogP contribution in [0.1, 0.15) is 88.4 Å². The maximum Gasteiger partial charge on any atom is 0.407 e. The Morgan fingerprint density at radius 3 is 2.06 bits per heavy atom. The highest BCUT2D eigenvalue weighted by Gasteiger charge is 2.57. The summed E-state index contributed by atoms with van der Waals surface area (Å²) in [4.78, 5) is 69.9. The molecule has 64 heavy (non-hydrogen) atoms. The first-order valence-corrected chi connectivity index (χ1v) is 22.5. The highest BCUT2D eigenvalue weighted by molar-refractivity contribution is 6.06. The van der Waals surface area contributed by atoms with Crippen molar-refractivity contribution in [3.8, 4) is 23.7 Å². The third-order valence-electron chi connectivity index (χ3n) is 14.2. The second-order valence-corrected chi connectivity index (χ2v) is 18.9. The molecule has 2 saturated heterocycles. The van der Waals surface area contributed by atoms with Crippen molar-refractivity contribution in [3.63, 3.8) is 0 Å². The Morgan fingerprint density at radius 2 is 1.41 bits per heavy atom. The lowest BCUT2D eigenvalue weighted by Crippen LogP contribution is -2.55. The largest absolute Gasteiger partial charge is 0.469 e. The fourth-order valence-electron chi connectivity index (χ4n) is 10.6. The number of H-pyrrole nitrogens is 1. The molecule has 4 aromatic carbocycles. The fourth-order valence-corrected chi connectivity index (χ4v) is 10.6. The molecule has 0 spiro atoms. The molecule has 3 amide bonds. The second kappa shape index (κ2) is 16.2. The van der Waals surface area contributed by atoms with Crippen molar-refractivity contribution in [3.05, 3.63) is 83.2 Å². The molecule has 10 rings (SSSR count). The molecule has 4 heterocycles. The van der Waals surface area contributed by atoms with Gasteiger partial charge in [-0.3, -0.25) is 19.4 Å². The van der Waals surface area contributed by atoms with Crippen LogP contribution in [0.25, 0.3) is 32.6 Å². The van der Waals surface area contributed by atoms with E-state index in [1.807, 2.05) is 61.8 Å². The maximum absolute atomic E-state index is 14.0. The molecule has 2 N–H and O–H groups in total. The van der Waals surface area contributed by atoms with Crippen LogP contribution in [0.2, 0.25) is 0 Å². The average molecular weight is 857 g/mol. The van der Waals surface area contributed by atoms with Crippen LogP contribution >= 0.6 is 0 Å². The van der Waals surface area contributed by atoms with Crippen LogP contribution in [0.4, 0.5) is 10.5 Å². The number of piperidine rings is 2. The van der Waals surface area contributed by atoms with Crippen LogP contribution in [0.5, 0.6) is 0 Å². The first-order valence-electron chi connectivity index (χ1n) is 22.5. The molecule has 0 unspecified atom stereocenters. The fraction of sp³-hybridized carbons (Fsp3) is 0.423. The van der Waals surface area contributed by atoms with E-state index in [9.17, 15) is 19.2 Å². The number of rotatable bonds is 9. The summed E-state index contributed by atoms with van der Waals surface area (Å²) in [5.74, 6) is 13.3. The molecule has 3 aliphatic heterocycles. The van der Waals surface area contributed by atoms with E-state index in [0.29, 0.717) is 18.3 Å². The Hall–Kier alpha value is -6.66. The standard InChI is InChI=1S/C52H52N6O6/c1-27(2)37(26-46(59)63-5)50(60)58-43-22-34(43)24-45(58)49-54-40-18-14-32-20-30(12-16-36(32)48(40)55-49)10-8-7-9-29-11-15-35-31(19-29)13-17-39-38(35)25-41(53-39)44-23-33-21-42(33)57(44)51(61)47(28(3)4)56-52(62)64-6/h11-20,27-28,33-34,37,42-45,47H,21-26H2,1-6H3,(H,54,55)(H,56,62)/t33-,34-,37+,42-,43-,44+,45+,47+/m1/s1. The van der Waals surface area contributed by atoms with E-state index in [1.54, 1.807) is 0 Å².